The van der Waals surface area contributed by atoms with E-state index in [9.17, 15) is 14.0 Å². The van der Waals surface area contributed by atoms with Gasteiger partial charge in [0.25, 0.3) is 5.56 Å². The van der Waals surface area contributed by atoms with Crippen molar-refractivity contribution in [1.82, 2.24) is 4.98 Å². The van der Waals surface area contributed by atoms with Gasteiger partial charge in [0.1, 0.15) is 5.82 Å². The van der Waals surface area contributed by atoms with Crippen LogP contribution in [0.2, 0.25) is 0 Å². The van der Waals surface area contributed by atoms with E-state index in [-0.39, 0.29) is 17.8 Å². The summed E-state index contributed by atoms with van der Waals surface area (Å²) in [6.45, 7) is 1.75. The van der Waals surface area contributed by atoms with Gasteiger partial charge < -0.3 is 4.98 Å². The highest BCUT2D eigenvalue weighted by atomic mass is 19.1. The predicted molar refractivity (Wildman–Crippen MR) is 93.5 cm³/mol. The molecule has 0 spiro atoms. The molecule has 0 aliphatic rings. The number of hydrogen-bond donors (Lipinski definition) is 1. The van der Waals surface area contributed by atoms with Crippen molar-refractivity contribution in [1.29, 1.82) is 0 Å². The van der Waals surface area contributed by atoms with E-state index in [2.05, 4.69) is 4.98 Å². The fourth-order valence-electron chi connectivity index (χ4n) is 2.83. The zero-order chi connectivity index (χ0) is 17.1. The van der Waals surface area contributed by atoms with Crippen LogP contribution in [-0.4, -0.2) is 10.8 Å². The van der Waals surface area contributed by atoms with Crippen molar-refractivity contribution >= 4 is 16.7 Å². The van der Waals surface area contributed by atoms with Crippen LogP contribution in [0, 0.1) is 5.82 Å². The Bertz CT molecular complexity index is 988. The molecule has 0 bridgehead atoms. The number of pyridine rings is 1. The summed E-state index contributed by atoms with van der Waals surface area (Å²) in [6, 6.07) is 13.5. The number of fused-ring (bicyclic) bond motifs is 1. The summed E-state index contributed by atoms with van der Waals surface area (Å²) in [5.41, 5.74) is 1.95. The quantitative estimate of drug-likeness (QED) is 0.738. The fraction of sp³-hybridized carbons (Fsp3) is 0.100. The first-order chi connectivity index (χ1) is 11.6. The predicted octanol–water partition coefficient (Wildman–Crippen LogP) is 4.02. The Morgan fingerprint density at radius 2 is 1.92 bits per heavy atom. The minimum Gasteiger partial charge on any atom is -0.322 e. The normalized spacial score (nSPS) is 11.2. The van der Waals surface area contributed by atoms with Crippen LogP contribution in [-0.2, 0) is 11.2 Å². The summed E-state index contributed by atoms with van der Waals surface area (Å²) in [7, 11) is 0. The van der Waals surface area contributed by atoms with Gasteiger partial charge in [0.2, 0.25) is 0 Å². The van der Waals surface area contributed by atoms with Gasteiger partial charge in [0.15, 0.2) is 5.78 Å². The number of nitrogens with one attached hydrogen (secondary N) is 1. The van der Waals surface area contributed by atoms with Crippen molar-refractivity contribution < 1.29 is 9.18 Å². The Morgan fingerprint density at radius 3 is 2.62 bits per heavy atom. The van der Waals surface area contributed by atoms with E-state index in [1.54, 1.807) is 13.0 Å². The summed E-state index contributed by atoms with van der Waals surface area (Å²) in [6.07, 6.45) is 3.04. The molecule has 1 aromatic heterocycles. The van der Waals surface area contributed by atoms with Gasteiger partial charge in [-0.2, -0.15) is 0 Å². The maximum atomic E-state index is 13.8. The lowest BCUT2D eigenvalue weighted by molar-refractivity contribution is -0.114. The van der Waals surface area contributed by atoms with Gasteiger partial charge in [-0.05, 0) is 36.8 Å². The molecule has 0 radical (unpaired) electrons. The first-order valence-electron chi connectivity index (χ1n) is 7.65. The Labute approximate surface area is 138 Å². The standard InChI is InChI=1S/C20H16FNO2/c1-2-6-15(23)12-17-19(13-7-4-3-5-8-13)16-11-14(21)9-10-18(16)22-20(17)24/h2-11H,12H2,1H3,(H,22,24)/b6-2+. The number of benzene rings is 2. The lowest BCUT2D eigenvalue weighted by atomic mass is 9.93. The molecular formula is C20H16FNO2. The number of aromatic amines is 1. The number of carbonyl (C=O) groups is 1. The van der Waals surface area contributed by atoms with E-state index < -0.39 is 5.82 Å². The van der Waals surface area contributed by atoms with Gasteiger partial charge in [-0.15, -0.1) is 0 Å². The van der Waals surface area contributed by atoms with Crippen molar-refractivity contribution in [3.05, 3.63) is 82.4 Å². The van der Waals surface area contributed by atoms with E-state index in [0.717, 1.165) is 5.56 Å². The number of H-pyrrole nitrogens is 1. The van der Waals surface area contributed by atoms with Crippen LogP contribution < -0.4 is 5.56 Å². The third-order valence-corrected chi connectivity index (χ3v) is 3.84. The van der Waals surface area contributed by atoms with Crippen molar-refractivity contribution in [3.8, 4) is 11.1 Å². The lowest BCUT2D eigenvalue weighted by Gasteiger charge is -2.12. The molecule has 3 rings (SSSR count). The van der Waals surface area contributed by atoms with Crippen molar-refractivity contribution in [3.63, 3.8) is 0 Å². The number of carbonyl (C=O) groups excluding carboxylic acids is 1. The second-order valence-corrected chi connectivity index (χ2v) is 5.51. The van der Waals surface area contributed by atoms with Gasteiger partial charge in [-0.3, -0.25) is 9.59 Å². The number of aromatic nitrogens is 1. The molecule has 1 N–H and O–H groups in total. The Kier molecular flexibility index (Phi) is 4.38. The van der Waals surface area contributed by atoms with Crippen LogP contribution in [0.3, 0.4) is 0 Å². The molecule has 3 aromatic rings. The number of rotatable bonds is 4. The smallest absolute Gasteiger partial charge is 0.252 e. The first kappa shape index (κ1) is 15.9. The average molecular weight is 321 g/mol. The molecule has 0 aliphatic carbocycles. The summed E-state index contributed by atoms with van der Waals surface area (Å²) < 4.78 is 13.8. The van der Waals surface area contributed by atoms with Crippen molar-refractivity contribution in [2.75, 3.05) is 0 Å². The fourth-order valence-corrected chi connectivity index (χ4v) is 2.83. The van der Waals surface area contributed by atoms with Gasteiger partial charge in [0, 0.05) is 28.5 Å². The van der Waals surface area contributed by atoms with Crippen LogP contribution in [0.5, 0.6) is 0 Å². The average Bonchev–Trinajstić information content (AvgIpc) is 2.57. The maximum Gasteiger partial charge on any atom is 0.252 e. The van der Waals surface area contributed by atoms with Gasteiger partial charge in [0.05, 0.1) is 0 Å². The zero-order valence-electron chi connectivity index (χ0n) is 13.2. The molecule has 120 valence electrons. The highest BCUT2D eigenvalue weighted by Crippen LogP contribution is 2.30. The minimum atomic E-state index is -0.391. The molecule has 2 aromatic carbocycles. The molecular weight excluding hydrogens is 305 g/mol. The highest BCUT2D eigenvalue weighted by Gasteiger charge is 2.16. The minimum absolute atomic E-state index is 0.0314. The summed E-state index contributed by atoms with van der Waals surface area (Å²) in [4.78, 5) is 27.3. The topological polar surface area (TPSA) is 49.9 Å². The van der Waals surface area contributed by atoms with E-state index >= 15 is 0 Å². The Morgan fingerprint density at radius 1 is 1.17 bits per heavy atom. The molecule has 0 aliphatic heterocycles. The molecule has 3 nitrogen and oxygen atoms in total. The number of allylic oxidation sites excluding steroid dienone is 2. The SMILES string of the molecule is C/C=C/C(=O)Cc1c(-c2ccccc2)c2cc(F)ccc2[nH]c1=O. The maximum absolute atomic E-state index is 13.8. The molecule has 0 unspecified atom stereocenters. The largest absolute Gasteiger partial charge is 0.322 e. The van der Waals surface area contributed by atoms with Crippen LogP contribution in [0.25, 0.3) is 22.0 Å². The highest BCUT2D eigenvalue weighted by molar-refractivity contribution is 5.99. The molecule has 0 saturated heterocycles. The van der Waals surface area contributed by atoms with Crippen molar-refractivity contribution in [2.24, 2.45) is 0 Å². The zero-order valence-corrected chi connectivity index (χ0v) is 13.2. The molecule has 0 fully saturated rings. The number of halogens is 1. The summed E-state index contributed by atoms with van der Waals surface area (Å²) >= 11 is 0. The van der Waals surface area contributed by atoms with Crippen LogP contribution >= 0.6 is 0 Å². The van der Waals surface area contributed by atoms with E-state index in [0.29, 0.717) is 22.0 Å². The first-order valence-corrected chi connectivity index (χ1v) is 7.65. The number of hydrogen-bond acceptors (Lipinski definition) is 2. The summed E-state index contributed by atoms with van der Waals surface area (Å²) in [5, 5.41) is 0.587. The second-order valence-electron chi connectivity index (χ2n) is 5.51. The third-order valence-electron chi connectivity index (χ3n) is 3.84. The van der Waals surface area contributed by atoms with Gasteiger partial charge in [-0.25, -0.2) is 4.39 Å². The molecule has 0 atom stereocenters. The molecule has 4 heteroatoms. The molecule has 0 amide bonds. The van der Waals surface area contributed by atoms with Gasteiger partial charge >= 0.3 is 0 Å². The van der Waals surface area contributed by atoms with Crippen LogP contribution in [0.15, 0.2) is 65.5 Å². The third kappa shape index (κ3) is 3.04. The number of ketones is 1. The van der Waals surface area contributed by atoms with Crippen molar-refractivity contribution in [2.45, 2.75) is 13.3 Å². The van der Waals surface area contributed by atoms with E-state index in [1.165, 1.54) is 24.3 Å². The van der Waals surface area contributed by atoms with Gasteiger partial charge in [-0.1, -0.05) is 36.4 Å². The lowest BCUT2D eigenvalue weighted by Crippen LogP contribution is -2.17. The molecule has 1 heterocycles. The summed E-state index contributed by atoms with van der Waals surface area (Å²) in [5.74, 6) is -0.562. The molecule has 0 saturated carbocycles. The van der Waals surface area contributed by atoms with Crippen LogP contribution in [0.4, 0.5) is 4.39 Å². The Balaban J connectivity index is 2.35. The van der Waals surface area contributed by atoms with Crippen LogP contribution in [0.1, 0.15) is 12.5 Å². The van der Waals surface area contributed by atoms with E-state index in [1.807, 2.05) is 30.3 Å². The molecule has 24 heavy (non-hydrogen) atoms. The van der Waals surface area contributed by atoms with E-state index in [4.69, 9.17) is 0 Å². The monoisotopic (exact) mass is 321 g/mol. The second kappa shape index (κ2) is 6.62. The Hall–Kier alpha value is -3.01.